The largest absolute Gasteiger partial charge is 0.507 e. The minimum atomic E-state index is -2.13. The van der Waals surface area contributed by atoms with Gasteiger partial charge in [-0.3, -0.25) is 38.0 Å². The number of phenols is 2. The molecule has 5 aliphatic rings. The van der Waals surface area contributed by atoms with Gasteiger partial charge < -0.3 is 58.7 Å². The number of ketones is 2. The summed E-state index contributed by atoms with van der Waals surface area (Å²) in [5.74, 6) is -7.74. The molecule has 0 unspecified atom stereocenters. The van der Waals surface area contributed by atoms with Crippen LogP contribution < -0.4 is 25.1 Å². The smallest absolute Gasteiger partial charge is 0.312 e. The number of benzene rings is 4. The number of fused-ring (bicyclic) bond motifs is 2. The lowest BCUT2D eigenvalue weighted by Crippen LogP contribution is -2.46. The van der Waals surface area contributed by atoms with Crippen LogP contribution in [0.4, 0.5) is 11.4 Å². The van der Waals surface area contributed by atoms with E-state index in [-0.39, 0.29) is 85.3 Å². The molecule has 3 aromatic rings. The van der Waals surface area contributed by atoms with Crippen LogP contribution in [-0.2, 0) is 32.9 Å². The molecule has 8 rings (SSSR count). The average Bonchev–Trinajstić information content (AvgIpc) is 2.88. The average molecular weight is 1180 g/mol. The van der Waals surface area contributed by atoms with Crippen molar-refractivity contribution in [1.82, 2.24) is 9.88 Å². The van der Waals surface area contributed by atoms with E-state index in [0.717, 1.165) is 0 Å². The number of anilines is 2. The van der Waals surface area contributed by atoms with Crippen molar-refractivity contribution in [3.63, 3.8) is 0 Å². The number of ether oxygens (including phenoxy) is 5. The first kappa shape index (κ1) is 61.9. The van der Waals surface area contributed by atoms with Crippen molar-refractivity contribution >= 4 is 73.6 Å². The Bertz CT molecular complexity index is 3420. The first-order valence-electron chi connectivity index (χ1n) is 27.5. The molecular formula is C60H70N4O17P2. The third-order valence-electron chi connectivity index (χ3n) is 16.1. The van der Waals surface area contributed by atoms with Gasteiger partial charge in [0, 0.05) is 124 Å². The van der Waals surface area contributed by atoms with Gasteiger partial charge in [0.1, 0.15) is 51.4 Å². The Morgan fingerprint density at radius 1 is 0.928 bits per heavy atom. The van der Waals surface area contributed by atoms with E-state index in [9.17, 15) is 48.7 Å². The molecule has 1 fully saturated rings. The number of carbonyl (C=O) groups is 4. The van der Waals surface area contributed by atoms with Gasteiger partial charge >= 0.3 is 11.8 Å². The number of aliphatic hydroxyl groups excluding tert-OH is 2. The summed E-state index contributed by atoms with van der Waals surface area (Å²) in [6, 6.07) is 10.0. The standard InChI is InChI=1S/C60H70N4O17P2/c1-30-12-10-13-31(2)59(73)62-50-54(71)46-45(47-56(35(6)53(46)70)81-60(8,58(47)72)78-27-20-42(76-9)32(3)55(79-36(7)65)34(5)52(69)33(4)51(30)68)49-57(50)80-43-29-38(28-41(67)48(43)61-49)64-24-22-63(23-25-64)21-19-40(66)37-15-17-39(18-16-37)77-26-11-14-44(82-74)83-75/h10,12-13,15-18,20,27-30,32-34,42,44,51-52,55,67-70H,11,14,19,21-26H2,1-9H3,(H,62,73)/b12-10+,27-20+,31-13-/t30-,32+,33+,34+,42-,51-,52+,55+,60-/m0/s1. The zero-order valence-corrected chi connectivity index (χ0v) is 49.5. The SMILES string of the molecule is CO[C@H]1/C=C/O[C@@]2(C)Oc3c(C)c(O)c4c(=O)c(c5oc6cc(N7CCN(CCC(=O)c8ccc(OCCCC(P=O)P=O)cc8)CC7)cc(O)c6nc-5c4c3C2=O)NC(=O)/C(C)=C\C=C\[C@H](C)[C@H](O)[C@@H](C)[C@@H](O)[C@@H](C)[C@H](OC(C)=O)[C@@H]1C. The number of amides is 1. The summed E-state index contributed by atoms with van der Waals surface area (Å²) >= 11 is 0. The monoisotopic (exact) mass is 1180 g/mol. The topological polar surface area (TPSA) is 291 Å². The van der Waals surface area contributed by atoms with Crippen LogP contribution >= 0.6 is 16.9 Å². The van der Waals surface area contributed by atoms with Crippen LogP contribution in [0, 0.1) is 30.6 Å². The predicted molar refractivity (Wildman–Crippen MR) is 310 cm³/mol. The molecule has 0 spiro atoms. The number of esters is 1. The third kappa shape index (κ3) is 13.0. The van der Waals surface area contributed by atoms with Crippen LogP contribution in [0.15, 0.2) is 81.7 Å². The molecule has 0 radical (unpaired) electrons. The molecule has 4 bridgehead atoms. The number of hydrogen-bond donors (Lipinski definition) is 5. The van der Waals surface area contributed by atoms with E-state index >= 15 is 4.79 Å². The maximum atomic E-state index is 15.0. The minimum Gasteiger partial charge on any atom is -0.507 e. The van der Waals surface area contributed by atoms with Crippen molar-refractivity contribution < 1.29 is 76.8 Å². The normalized spacial score (nSPS) is 26.6. The summed E-state index contributed by atoms with van der Waals surface area (Å²) < 4.78 is 58.3. The highest BCUT2D eigenvalue weighted by atomic mass is 31.1. The number of Topliss-reactive ketones (excluding diaryl/α,β-unsaturated/α-hetero) is 2. The van der Waals surface area contributed by atoms with E-state index in [1.807, 2.05) is 4.90 Å². The van der Waals surface area contributed by atoms with Crippen molar-refractivity contribution in [2.24, 2.45) is 23.7 Å². The molecular weight excluding hydrogens is 1110 g/mol. The van der Waals surface area contributed by atoms with Gasteiger partial charge in [-0.25, -0.2) is 4.98 Å². The fourth-order valence-corrected chi connectivity index (χ4v) is 11.7. The Morgan fingerprint density at radius 2 is 1.63 bits per heavy atom. The van der Waals surface area contributed by atoms with Crippen LogP contribution in [-0.4, -0.2) is 136 Å². The minimum absolute atomic E-state index is 0.00455. The van der Waals surface area contributed by atoms with E-state index in [2.05, 4.69) is 10.2 Å². The number of rotatable bonds is 14. The lowest BCUT2D eigenvalue weighted by molar-refractivity contribution is -0.160. The molecule has 1 aliphatic carbocycles. The summed E-state index contributed by atoms with van der Waals surface area (Å²) in [6.45, 7) is 15.4. The van der Waals surface area contributed by atoms with Crippen molar-refractivity contribution in [1.29, 1.82) is 0 Å². The number of phenolic OH excluding ortho intramolecular Hbond substituents is 2. The van der Waals surface area contributed by atoms with Crippen molar-refractivity contribution in [3.8, 4) is 34.5 Å². The Kier molecular flexibility index (Phi) is 19.6. The number of nitrogens with zero attached hydrogens (tertiary/aromatic N) is 3. The van der Waals surface area contributed by atoms with Gasteiger partial charge in [-0.05, 0) is 57.0 Å². The van der Waals surface area contributed by atoms with Gasteiger partial charge in [-0.1, -0.05) is 45.9 Å². The zero-order chi connectivity index (χ0) is 60.2. The second-order valence-corrected chi connectivity index (χ2v) is 23.8. The summed E-state index contributed by atoms with van der Waals surface area (Å²) in [6.07, 6.45) is 4.59. The number of piperazine rings is 1. The predicted octanol–water partition coefficient (Wildman–Crippen LogP) is 9.12. The van der Waals surface area contributed by atoms with Crippen LogP contribution in [0.1, 0.15) is 94.0 Å². The highest BCUT2D eigenvalue weighted by Crippen LogP contribution is 2.51. The Morgan fingerprint density at radius 3 is 2.29 bits per heavy atom. The molecule has 4 heterocycles. The highest BCUT2D eigenvalue weighted by molar-refractivity contribution is 7.44. The lowest BCUT2D eigenvalue weighted by Gasteiger charge is -2.38. The quantitative estimate of drug-likeness (QED) is 0.0173. The highest BCUT2D eigenvalue weighted by Gasteiger charge is 2.50. The fraction of sp³-hybridized carbons (Fsp3) is 0.467. The van der Waals surface area contributed by atoms with E-state index in [1.54, 1.807) is 70.2 Å². The molecule has 1 saturated heterocycles. The number of allylic oxidation sites excluding steroid dienone is 2. The molecule has 9 atom stereocenters. The van der Waals surface area contributed by atoms with Gasteiger partial charge in [0.15, 0.2) is 34.0 Å². The first-order valence-corrected chi connectivity index (χ1v) is 29.3. The Labute approximate surface area is 483 Å². The Hall–Kier alpha value is -7.12. The summed E-state index contributed by atoms with van der Waals surface area (Å²) in [5.41, 5.74) is -0.619. The number of hydrogen-bond acceptors (Lipinski definition) is 20. The number of aliphatic hydroxyl groups is 2. The second kappa shape index (κ2) is 26.2. The van der Waals surface area contributed by atoms with E-state index in [0.29, 0.717) is 69.2 Å². The summed E-state index contributed by atoms with van der Waals surface area (Å²) in [5, 5.41) is 48.6. The van der Waals surface area contributed by atoms with E-state index in [4.69, 9.17) is 33.1 Å². The molecule has 0 saturated carbocycles. The lowest BCUT2D eigenvalue weighted by atomic mass is 9.78. The van der Waals surface area contributed by atoms with E-state index in [1.165, 1.54) is 59.3 Å². The number of aromatic hydroxyl groups is 2. The van der Waals surface area contributed by atoms with Crippen LogP contribution in [0.3, 0.4) is 0 Å². The third-order valence-corrected chi connectivity index (χ3v) is 17.7. The maximum Gasteiger partial charge on any atom is 0.312 e. The first-order chi connectivity index (χ1) is 39.5. The number of aromatic nitrogens is 1. The molecule has 23 heteroatoms. The molecule has 4 aliphatic heterocycles. The van der Waals surface area contributed by atoms with Crippen molar-refractivity contribution in [2.75, 3.05) is 56.7 Å². The van der Waals surface area contributed by atoms with E-state index < -0.39 is 99.2 Å². The second-order valence-electron chi connectivity index (χ2n) is 21.7. The van der Waals surface area contributed by atoms with Crippen LogP contribution in [0.25, 0.3) is 33.3 Å². The number of carbonyl (C=O) groups excluding carboxylic acids is 4. The molecule has 83 heavy (non-hydrogen) atoms. The molecule has 3 aromatic carbocycles. The van der Waals surface area contributed by atoms with Crippen molar-refractivity contribution in [3.05, 3.63) is 99.5 Å². The maximum absolute atomic E-state index is 15.0. The number of nitrogens with one attached hydrogen (secondary N) is 1. The van der Waals surface area contributed by atoms with Crippen LogP contribution in [0.2, 0.25) is 0 Å². The van der Waals surface area contributed by atoms with Gasteiger partial charge in [0.2, 0.25) is 5.43 Å². The zero-order valence-electron chi connectivity index (χ0n) is 47.7. The Balaban J connectivity index is 1.12. The molecule has 1 amide bonds. The van der Waals surface area contributed by atoms with Gasteiger partial charge in [0.05, 0.1) is 42.1 Å². The molecule has 442 valence electrons. The fourth-order valence-electron chi connectivity index (χ4n) is 11.0. The van der Waals surface area contributed by atoms with Crippen molar-refractivity contribution in [2.45, 2.75) is 110 Å². The van der Waals surface area contributed by atoms with Gasteiger partial charge in [-0.2, -0.15) is 0 Å². The van der Waals surface area contributed by atoms with Crippen LogP contribution in [0.5, 0.6) is 23.0 Å². The summed E-state index contributed by atoms with van der Waals surface area (Å²) in [7, 11) is 1.08. The summed E-state index contributed by atoms with van der Waals surface area (Å²) in [4.78, 5) is 78.9. The number of methoxy groups -OCH3 is 1. The molecule has 5 N–H and O–H groups in total. The molecule has 0 aromatic heterocycles. The molecule has 21 nitrogen and oxygen atoms in total. The van der Waals surface area contributed by atoms with Gasteiger partial charge in [0.25, 0.3) is 11.7 Å². The van der Waals surface area contributed by atoms with Gasteiger partial charge in [-0.15, -0.1) is 0 Å².